The van der Waals surface area contributed by atoms with E-state index in [4.69, 9.17) is 26.2 Å². The van der Waals surface area contributed by atoms with Crippen LogP contribution < -0.4 is 14.8 Å². The van der Waals surface area contributed by atoms with Gasteiger partial charge in [-0.25, -0.2) is 9.79 Å². The number of carbonyl (C=O) groups excluding carboxylic acids is 1. The predicted octanol–water partition coefficient (Wildman–Crippen LogP) is 4.40. The van der Waals surface area contributed by atoms with Gasteiger partial charge in [0.25, 0.3) is 5.91 Å². The first-order valence-electron chi connectivity index (χ1n) is 9.03. The molecule has 3 rings (SSSR count). The van der Waals surface area contributed by atoms with Gasteiger partial charge in [-0.05, 0) is 67.1 Å². The normalized spacial score (nSPS) is 16.0. The number of carboxylic acids is 1. The SMILES string of the molecule is CCOc1cc(/C=C2\SC(=Nc3cccc(Cl)c3C)NC2=O)ccc1OCC(=O)O. The summed E-state index contributed by atoms with van der Waals surface area (Å²) in [4.78, 5) is 28.0. The molecular weight excluding hydrogens is 428 g/mol. The molecule has 9 heteroatoms. The first-order valence-corrected chi connectivity index (χ1v) is 10.2. The zero-order chi connectivity index (χ0) is 21.7. The Morgan fingerprint density at radius 2 is 2.07 bits per heavy atom. The van der Waals surface area contributed by atoms with Gasteiger partial charge in [0.05, 0.1) is 17.2 Å². The Bertz CT molecular complexity index is 1050. The number of amides is 1. The molecular formula is C21H19ClN2O5S. The minimum Gasteiger partial charge on any atom is -0.490 e. The highest BCUT2D eigenvalue weighted by molar-refractivity contribution is 8.18. The lowest BCUT2D eigenvalue weighted by Crippen LogP contribution is -2.19. The molecule has 0 unspecified atom stereocenters. The smallest absolute Gasteiger partial charge is 0.341 e. The van der Waals surface area contributed by atoms with Crippen LogP contribution in [0.5, 0.6) is 11.5 Å². The molecule has 2 aromatic carbocycles. The quantitative estimate of drug-likeness (QED) is 0.612. The summed E-state index contributed by atoms with van der Waals surface area (Å²) in [5.41, 5.74) is 2.22. The number of aliphatic imine (C=N–C) groups is 1. The zero-order valence-corrected chi connectivity index (χ0v) is 17.8. The monoisotopic (exact) mass is 446 g/mol. The fourth-order valence-electron chi connectivity index (χ4n) is 2.60. The van der Waals surface area contributed by atoms with Crippen LogP contribution in [0, 0.1) is 6.92 Å². The maximum atomic E-state index is 12.4. The molecule has 1 amide bonds. The fraction of sp³-hybridized carbons (Fsp3) is 0.190. The Morgan fingerprint density at radius 3 is 2.80 bits per heavy atom. The van der Waals surface area contributed by atoms with Gasteiger partial charge in [-0.3, -0.25) is 4.79 Å². The topological polar surface area (TPSA) is 97.2 Å². The Balaban J connectivity index is 1.83. The number of rotatable bonds is 7. The molecule has 0 aromatic heterocycles. The van der Waals surface area contributed by atoms with Gasteiger partial charge < -0.3 is 19.9 Å². The molecule has 1 saturated heterocycles. The van der Waals surface area contributed by atoms with Crippen LogP contribution in [0.2, 0.25) is 5.02 Å². The van der Waals surface area contributed by atoms with Crippen LogP contribution in [0.25, 0.3) is 6.08 Å². The summed E-state index contributed by atoms with van der Waals surface area (Å²) in [6.45, 7) is 3.59. The van der Waals surface area contributed by atoms with Gasteiger partial charge >= 0.3 is 5.97 Å². The van der Waals surface area contributed by atoms with Crippen molar-refractivity contribution in [1.82, 2.24) is 5.32 Å². The predicted molar refractivity (Wildman–Crippen MR) is 118 cm³/mol. The van der Waals surface area contributed by atoms with Crippen LogP contribution in [-0.2, 0) is 9.59 Å². The van der Waals surface area contributed by atoms with E-state index >= 15 is 0 Å². The van der Waals surface area contributed by atoms with Crippen molar-refractivity contribution in [2.45, 2.75) is 13.8 Å². The van der Waals surface area contributed by atoms with Gasteiger partial charge in [0.1, 0.15) is 0 Å². The minimum atomic E-state index is -1.08. The highest BCUT2D eigenvalue weighted by Gasteiger charge is 2.24. The molecule has 0 radical (unpaired) electrons. The number of thioether (sulfide) groups is 1. The second-order valence-corrected chi connectivity index (χ2v) is 7.63. The number of carbonyl (C=O) groups is 2. The maximum absolute atomic E-state index is 12.4. The van der Waals surface area contributed by atoms with Crippen molar-refractivity contribution in [2.24, 2.45) is 4.99 Å². The third kappa shape index (κ3) is 5.34. The Labute approximate surface area is 182 Å². The van der Waals surface area contributed by atoms with Crippen molar-refractivity contribution in [3.05, 3.63) is 57.5 Å². The van der Waals surface area contributed by atoms with Gasteiger partial charge in [-0.15, -0.1) is 0 Å². The summed E-state index contributed by atoms with van der Waals surface area (Å²) in [6.07, 6.45) is 1.71. The van der Waals surface area contributed by atoms with E-state index in [0.29, 0.717) is 44.5 Å². The standard InChI is InChI=1S/C21H19ClN2O5S/c1-3-28-17-9-13(7-8-16(17)29-11-19(25)26)10-18-20(27)24-21(30-18)23-15-6-4-5-14(22)12(15)2/h4-10H,3,11H2,1-2H3,(H,25,26)(H,23,24,27)/b18-10-. The average molecular weight is 447 g/mol. The number of nitrogens with zero attached hydrogens (tertiary/aromatic N) is 1. The molecule has 0 spiro atoms. The van der Waals surface area contributed by atoms with Crippen molar-refractivity contribution in [3.63, 3.8) is 0 Å². The molecule has 2 N–H and O–H groups in total. The number of hydrogen-bond donors (Lipinski definition) is 2. The molecule has 7 nitrogen and oxygen atoms in total. The minimum absolute atomic E-state index is 0.261. The molecule has 30 heavy (non-hydrogen) atoms. The molecule has 0 aliphatic carbocycles. The van der Waals surface area contributed by atoms with Gasteiger partial charge in [0.15, 0.2) is 23.3 Å². The summed E-state index contributed by atoms with van der Waals surface area (Å²) in [5, 5.41) is 12.6. The molecule has 0 bridgehead atoms. The fourth-order valence-corrected chi connectivity index (χ4v) is 3.60. The summed E-state index contributed by atoms with van der Waals surface area (Å²) in [5.74, 6) is -0.615. The van der Waals surface area contributed by atoms with Gasteiger partial charge in [0.2, 0.25) is 0 Å². The maximum Gasteiger partial charge on any atom is 0.341 e. The van der Waals surface area contributed by atoms with E-state index in [2.05, 4.69) is 10.3 Å². The van der Waals surface area contributed by atoms with Gasteiger partial charge in [0, 0.05) is 5.02 Å². The Morgan fingerprint density at radius 1 is 1.27 bits per heavy atom. The number of hydrogen-bond acceptors (Lipinski definition) is 6. The molecule has 156 valence electrons. The van der Waals surface area contributed by atoms with Gasteiger partial charge in [-0.1, -0.05) is 23.7 Å². The van der Waals surface area contributed by atoms with Crippen molar-refractivity contribution in [2.75, 3.05) is 13.2 Å². The molecule has 1 aliphatic heterocycles. The number of amidine groups is 1. The molecule has 1 aliphatic rings. The summed E-state index contributed by atoms with van der Waals surface area (Å²) >= 11 is 7.35. The van der Waals surface area contributed by atoms with Crippen molar-refractivity contribution in [3.8, 4) is 11.5 Å². The van der Waals surface area contributed by atoms with Crippen LogP contribution in [0.15, 0.2) is 46.3 Å². The van der Waals surface area contributed by atoms with E-state index in [9.17, 15) is 9.59 Å². The third-order valence-corrected chi connectivity index (χ3v) is 5.35. The van der Waals surface area contributed by atoms with Crippen LogP contribution in [0.3, 0.4) is 0 Å². The lowest BCUT2D eigenvalue weighted by atomic mass is 10.2. The Hall–Kier alpha value is -2.97. The zero-order valence-electron chi connectivity index (χ0n) is 16.3. The molecule has 1 heterocycles. The summed E-state index contributed by atoms with van der Waals surface area (Å²) < 4.78 is 10.8. The van der Waals surface area contributed by atoms with E-state index in [1.165, 1.54) is 11.8 Å². The summed E-state index contributed by atoms with van der Waals surface area (Å²) in [7, 11) is 0. The van der Waals surface area contributed by atoms with Gasteiger partial charge in [-0.2, -0.15) is 0 Å². The van der Waals surface area contributed by atoms with Crippen LogP contribution >= 0.6 is 23.4 Å². The third-order valence-electron chi connectivity index (χ3n) is 4.03. The van der Waals surface area contributed by atoms with Crippen LogP contribution in [0.4, 0.5) is 5.69 Å². The molecule has 0 saturated carbocycles. The van der Waals surface area contributed by atoms with Crippen molar-refractivity contribution >= 4 is 52.2 Å². The van der Waals surface area contributed by atoms with E-state index < -0.39 is 12.6 Å². The second kappa shape index (κ2) is 9.69. The Kier molecular flexibility index (Phi) is 7.02. The second-order valence-electron chi connectivity index (χ2n) is 6.19. The number of carboxylic acid groups (broad SMARTS) is 1. The van der Waals surface area contributed by atoms with E-state index in [1.807, 2.05) is 19.9 Å². The number of benzene rings is 2. The molecule has 0 atom stereocenters. The van der Waals surface area contributed by atoms with E-state index in [0.717, 1.165) is 5.56 Å². The highest BCUT2D eigenvalue weighted by atomic mass is 35.5. The number of aliphatic carboxylic acids is 1. The van der Waals surface area contributed by atoms with E-state index in [1.54, 1.807) is 36.4 Å². The molecule has 1 fully saturated rings. The van der Waals surface area contributed by atoms with Crippen LogP contribution in [0.1, 0.15) is 18.1 Å². The lowest BCUT2D eigenvalue weighted by Gasteiger charge is -2.11. The molecule has 2 aromatic rings. The number of nitrogens with one attached hydrogen (secondary N) is 1. The summed E-state index contributed by atoms with van der Waals surface area (Å²) in [6, 6.07) is 10.4. The highest BCUT2D eigenvalue weighted by Crippen LogP contribution is 2.33. The van der Waals surface area contributed by atoms with E-state index in [-0.39, 0.29) is 5.91 Å². The average Bonchev–Trinajstić information content (AvgIpc) is 3.04. The van der Waals surface area contributed by atoms with Crippen molar-refractivity contribution < 1.29 is 24.2 Å². The largest absolute Gasteiger partial charge is 0.490 e. The first-order chi connectivity index (χ1) is 14.4. The lowest BCUT2D eigenvalue weighted by molar-refractivity contribution is -0.139. The van der Waals surface area contributed by atoms with Crippen LogP contribution in [-0.4, -0.2) is 35.4 Å². The number of halogens is 1. The first kappa shape index (κ1) is 21.7. The number of ether oxygens (including phenoxy) is 2. The van der Waals surface area contributed by atoms with Crippen molar-refractivity contribution in [1.29, 1.82) is 0 Å².